The smallest absolute Gasteiger partial charge is 0.160 e. The van der Waals surface area contributed by atoms with Crippen LogP contribution in [0.2, 0.25) is 0 Å². The van der Waals surface area contributed by atoms with Gasteiger partial charge >= 0.3 is 0 Å². The van der Waals surface area contributed by atoms with Crippen LogP contribution in [0.25, 0.3) is 0 Å². The zero-order valence-electron chi connectivity index (χ0n) is 11.8. The number of nitrogens with one attached hydrogen (secondary N) is 1. The number of phenolic OH excluding ortho intramolecular Hbond substituents is 1. The van der Waals surface area contributed by atoms with Crippen molar-refractivity contribution in [3.8, 4) is 11.5 Å². The third kappa shape index (κ3) is 2.45. The van der Waals surface area contributed by atoms with Gasteiger partial charge in [-0.15, -0.1) is 0 Å². The molecule has 0 amide bonds. The summed E-state index contributed by atoms with van der Waals surface area (Å²) in [5.41, 5.74) is 1.12. The van der Waals surface area contributed by atoms with E-state index in [9.17, 15) is 5.11 Å². The lowest BCUT2D eigenvalue weighted by atomic mass is 10.0. The zero-order valence-corrected chi connectivity index (χ0v) is 11.8. The Hall–Kier alpha value is -1.75. The van der Waals surface area contributed by atoms with E-state index >= 15 is 0 Å². The highest BCUT2D eigenvalue weighted by molar-refractivity contribution is 5.90. The molecule has 1 saturated heterocycles. The third-order valence-corrected chi connectivity index (χ3v) is 3.98. The molecule has 1 atom stereocenters. The molecule has 3 rings (SSSR count). The number of likely N-dealkylation sites (tertiary alicyclic amines) is 1. The van der Waals surface area contributed by atoms with E-state index in [0.29, 0.717) is 5.75 Å². The van der Waals surface area contributed by atoms with Gasteiger partial charge in [0.05, 0.1) is 19.7 Å². The Balaban J connectivity index is 1.95. The largest absolute Gasteiger partial charge is 0.504 e. The Morgan fingerprint density at radius 3 is 2.80 bits per heavy atom. The van der Waals surface area contributed by atoms with Crippen molar-refractivity contribution in [2.24, 2.45) is 4.99 Å². The number of phenols is 1. The Morgan fingerprint density at radius 1 is 1.35 bits per heavy atom. The Kier molecular flexibility index (Phi) is 3.78. The quantitative estimate of drug-likeness (QED) is 0.875. The van der Waals surface area contributed by atoms with Crippen molar-refractivity contribution in [2.45, 2.75) is 18.9 Å². The number of rotatable bonds is 4. The van der Waals surface area contributed by atoms with Crippen molar-refractivity contribution < 1.29 is 9.84 Å². The van der Waals surface area contributed by atoms with E-state index < -0.39 is 0 Å². The summed E-state index contributed by atoms with van der Waals surface area (Å²) in [5.74, 6) is 1.74. The molecule has 1 unspecified atom stereocenters. The minimum Gasteiger partial charge on any atom is -0.504 e. The first-order valence-electron chi connectivity index (χ1n) is 7.19. The van der Waals surface area contributed by atoms with Crippen molar-refractivity contribution in [2.75, 3.05) is 33.3 Å². The van der Waals surface area contributed by atoms with Crippen LogP contribution in [0.4, 0.5) is 0 Å². The first kappa shape index (κ1) is 13.2. The molecule has 1 fully saturated rings. The molecule has 2 aliphatic heterocycles. The number of ether oxygens (including phenoxy) is 1. The molecule has 2 N–H and O–H groups in total. The summed E-state index contributed by atoms with van der Waals surface area (Å²) in [5, 5.41) is 13.2. The molecule has 108 valence electrons. The average molecular weight is 275 g/mol. The molecule has 5 nitrogen and oxygen atoms in total. The van der Waals surface area contributed by atoms with Gasteiger partial charge in [0.15, 0.2) is 11.5 Å². The van der Waals surface area contributed by atoms with Crippen LogP contribution in [-0.4, -0.2) is 49.1 Å². The third-order valence-electron chi connectivity index (χ3n) is 3.98. The lowest BCUT2D eigenvalue weighted by Crippen LogP contribution is -2.37. The molecule has 2 heterocycles. The molecule has 0 aliphatic carbocycles. The lowest BCUT2D eigenvalue weighted by Gasteiger charge is -2.28. The number of hydrogen-bond donors (Lipinski definition) is 2. The molecular weight excluding hydrogens is 254 g/mol. The zero-order chi connectivity index (χ0) is 13.9. The number of amidine groups is 1. The van der Waals surface area contributed by atoms with Crippen LogP contribution in [0, 0.1) is 0 Å². The maximum Gasteiger partial charge on any atom is 0.160 e. The number of hydrogen-bond acceptors (Lipinski definition) is 5. The minimum atomic E-state index is 0.148. The van der Waals surface area contributed by atoms with Crippen molar-refractivity contribution >= 4 is 5.84 Å². The fraction of sp³-hybridized carbons (Fsp3) is 0.533. The second kappa shape index (κ2) is 5.71. The maximum atomic E-state index is 9.76. The van der Waals surface area contributed by atoms with Gasteiger partial charge < -0.3 is 15.2 Å². The van der Waals surface area contributed by atoms with E-state index in [0.717, 1.165) is 37.6 Å². The Morgan fingerprint density at radius 2 is 2.15 bits per heavy atom. The number of aliphatic imine (C=N–C) groups is 1. The number of nitrogens with zero attached hydrogens (tertiary/aromatic N) is 2. The molecule has 2 aliphatic rings. The normalized spacial score (nSPS) is 20.6. The van der Waals surface area contributed by atoms with Gasteiger partial charge in [-0.25, -0.2) is 0 Å². The highest BCUT2D eigenvalue weighted by Crippen LogP contribution is 2.33. The van der Waals surface area contributed by atoms with Crippen molar-refractivity contribution in [1.82, 2.24) is 10.2 Å². The molecule has 5 heteroatoms. The van der Waals surface area contributed by atoms with Gasteiger partial charge in [0.2, 0.25) is 0 Å². The first-order chi connectivity index (χ1) is 9.79. The summed E-state index contributed by atoms with van der Waals surface area (Å²) >= 11 is 0. The Labute approximate surface area is 119 Å². The van der Waals surface area contributed by atoms with Crippen LogP contribution in [0.15, 0.2) is 23.2 Å². The van der Waals surface area contributed by atoms with Crippen LogP contribution < -0.4 is 10.1 Å². The van der Waals surface area contributed by atoms with Crippen LogP contribution in [0.1, 0.15) is 24.4 Å². The first-order valence-corrected chi connectivity index (χ1v) is 7.19. The minimum absolute atomic E-state index is 0.148. The topological polar surface area (TPSA) is 57.1 Å². The highest BCUT2D eigenvalue weighted by atomic mass is 16.5. The van der Waals surface area contributed by atoms with Crippen LogP contribution in [0.5, 0.6) is 11.5 Å². The lowest BCUT2D eigenvalue weighted by molar-refractivity contribution is 0.299. The summed E-state index contributed by atoms with van der Waals surface area (Å²) in [4.78, 5) is 7.04. The monoisotopic (exact) mass is 275 g/mol. The number of benzene rings is 1. The van der Waals surface area contributed by atoms with Crippen LogP contribution in [0.3, 0.4) is 0 Å². The second-order valence-corrected chi connectivity index (χ2v) is 5.27. The highest BCUT2D eigenvalue weighted by Gasteiger charge is 2.29. The Bertz CT molecular complexity index is 510. The molecule has 1 aromatic carbocycles. The summed E-state index contributed by atoms with van der Waals surface area (Å²) in [6.07, 6.45) is 2.47. The summed E-state index contributed by atoms with van der Waals surface area (Å²) in [6.45, 7) is 3.94. The molecule has 0 bridgehead atoms. The number of aromatic hydroxyl groups is 1. The van der Waals surface area contributed by atoms with Gasteiger partial charge in [0.25, 0.3) is 0 Å². The fourth-order valence-electron chi connectivity index (χ4n) is 3.01. The average Bonchev–Trinajstić information content (AvgIpc) is 3.15. The van der Waals surface area contributed by atoms with E-state index in [2.05, 4.69) is 15.2 Å². The molecule has 0 spiro atoms. The molecule has 0 saturated carbocycles. The van der Waals surface area contributed by atoms with E-state index in [4.69, 9.17) is 4.74 Å². The van der Waals surface area contributed by atoms with Gasteiger partial charge in [0.1, 0.15) is 5.84 Å². The fourth-order valence-corrected chi connectivity index (χ4v) is 3.01. The summed E-state index contributed by atoms with van der Waals surface area (Å²) in [7, 11) is 1.58. The van der Waals surface area contributed by atoms with E-state index in [-0.39, 0.29) is 11.8 Å². The number of methoxy groups -OCH3 is 1. The molecule has 0 aromatic heterocycles. The van der Waals surface area contributed by atoms with Gasteiger partial charge in [0, 0.05) is 6.54 Å². The summed E-state index contributed by atoms with van der Waals surface area (Å²) in [6, 6.07) is 5.73. The van der Waals surface area contributed by atoms with Crippen LogP contribution >= 0.6 is 0 Å². The van der Waals surface area contributed by atoms with Crippen molar-refractivity contribution in [1.29, 1.82) is 0 Å². The second-order valence-electron chi connectivity index (χ2n) is 5.27. The van der Waals surface area contributed by atoms with Crippen LogP contribution in [-0.2, 0) is 0 Å². The molecule has 0 radical (unpaired) electrons. The van der Waals surface area contributed by atoms with E-state index in [1.54, 1.807) is 13.2 Å². The van der Waals surface area contributed by atoms with E-state index in [1.807, 2.05) is 12.1 Å². The van der Waals surface area contributed by atoms with Crippen molar-refractivity contribution in [3.63, 3.8) is 0 Å². The van der Waals surface area contributed by atoms with Gasteiger partial charge in [-0.1, -0.05) is 6.07 Å². The maximum absolute atomic E-state index is 9.76. The predicted molar refractivity (Wildman–Crippen MR) is 78.5 cm³/mol. The van der Waals surface area contributed by atoms with Gasteiger partial charge in [-0.3, -0.25) is 9.89 Å². The van der Waals surface area contributed by atoms with Gasteiger partial charge in [-0.05, 0) is 43.6 Å². The van der Waals surface area contributed by atoms with Crippen molar-refractivity contribution in [3.05, 3.63) is 23.8 Å². The van der Waals surface area contributed by atoms with Gasteiger partial charge in [-0.2, -0.15) is 0 Å². The predicted octanol–water partition coefficient (Wildman–Crippen LogP) is 1.54. The standard InChI is InChI=1S/C15H21N3O2/c1-20-13-10-11(4-5-12(13)19)14(15-16-6-7-17-15)18-8-2-3-9-18/h4-5,10,14,19H,2-3,6-9H2,1H3,(H,16,17). The SMILES string of the molecule is COc1cc(C(C2=NCCN2)N2CCCC2)ccc1O. The molecular formula is C15H21N3O2. The van der Waals surface area contributed by atoms with E-state index in [1.165, 1.54) is 12.8 Å². The molecule has 20 heavy (non-hydrogen) atoms. The molecule has 1 aromatic rings. The summed E-state index contributed by atoms with van der Waals surface area (Å²) < 4.78 is 5.23.